The van der Waals surface area contributed by atoms with Crippen molar-refractivity contribution in [2.45, 2.75) is 19.4 Å². The van der Waals surface area contributed by atoms with Crippen LogP contribution in [0.15, 0.2) is 24.3 Å². The molecule has 2 fully saturated rings. The van der Waals surface area contributed by atoms with Crippen molar-refractivity contribution in [2.24, 2.45) is 13.0 Å². The lowest BCUT2D eigenvalue weighted by Gasteiger charge is -2.28. The van der Waals surface area contributed by atoms with Crippen LogP contribution in [0.3, 0.4) is 0 Å². The van der Waals surface area contributed by atoms with E-state index < -0.39 is 6.10 Å². The molecule has 2 N–H and O–H groups in total. The van der Waals surface area contributed by atoms with Crippen LogP contribution >= 0.6 is 0 Å². The molecule has 0 amide bonds. The molecule has 0 spiro atoms. The van der Waals surface area contributed by atoms with Gasteiger partial charge in [0.25, 0.3) is 0 Å². The van der Waals surface area contributed by atoms with Crippen molar-refractivity contribution in [3.05, 3.63) is 35.9 Å². The molecule has 4 aromatic rings. The van der Waals surface area contributed by atoms with Crippen LogP contribution in [0.2, 0.25) is 0 Å². The van der Waals surface area contributed by atoms with Gasteiger partial charge in [0.15, 0.2) is 17.0 Å². The molecule has 2 aliphatic heterocycles. The average Bonchev–Trinajstić information content (AvgIpc) is 3.34. The molecule has 172 valence electrons. The fraction of sp³-hybridized carbons (Fsp3) is 0.478. The first-order chi connectivity index (χ1) is 16.1. The predicted octanol–water partition coefficient (Wildman–Crippen LogP) is 1.35. The molecule has 0 unspecified atom stereocenters. The Hall–Kier alpha value is -3.08. The van der Waals surface area contributed by atoms with E-state index in [0.29, 0.717) is 30.9 Å². The third kappa shape index (κ3) is 3.45. The molecule has 1 aromatic carbocycles. The number of imidazole rings is 2. The van der Waals surface area contributed by atoms with Crippen LogP contribution in [0.5, 0.6) is 0 Å². The third-order valence-electron chi connectivity index (χ3n) is 6.59. The van der Waals surface area contributed by atoms with Crippen LogP contribution in [-0.2, 0) is 18.2 Å². The molecule has 2 aliphatic rings. The van der Waals surface area contributed by atoms with E-state index in [-0.39, 0.29) is 0 Å². The molecule has 0 bridgehead atoms. The van der Waals surface area contributed by atoms with Crippen LogP contribution < -0.4 is 10.2 Å². The van der Waals surface area contributed by atoms with E-state index in [9.17, 15) is 5.11 Å². The number of rotatable bonds is 5. The molecular weight excluding hydrogens is 420 g/mol. The Balaban J connectivity index is 1.58. The maximum absolute atomic E-state index is 10.5. The van der Waals surface area contributed by atoms with E-state index in [1.165, 1.54) is 0 Å². The number of nitrogens with zero attached hydrogens (tertiary/aromatic N) is 7. The standard InChI is InChI=1S/C23H28N8O2/c1-14(32)20-25-16-5-3-4-6-17(16)31(20)23-27-21-19(22(28-23)30-7-9-33-10-8-30)26-18(29(21)2)11-15-12-24-13-15/h3-6,14-15,24,32H,7-13H2,1-2H3/t14-/m1/s1. The first-order valence-electron chi connectivity index (χ1n) is 11.5. The highest BCUT2D eigenvalue weighted by atomic mass is 16.5. The van der Waals surface area contributed by atoms with E-state index in [0.717, 1.165) is 66.4 Å². The summed E-state index contributed by atoms with van der Waals surface area (Å²) in [5, 5.41) is 13.8. The minimum atomic E-state index is -0.767. The molecule has 1 atom stereocenters. The average molecular weight is 449 g/mol. The summed E-state index contributed by atoms with van der Waals surface area (Å²) in [7, 11) is 2.03. The Morgan fingerprint density at radius 2 is 1.91 bits per heavy atom. The summed E-state index contributed by atoms with van der Waals surface area (Å²) in [6.07, 6.45) is 0.141. The normalized spacial score (nSPS) is 18.2. The van der Waals surface area contributed by atoms with Crippen LogP contribution in [0.1, 0.15) is 24.7 Å². The van der Waals surface area contributed by atoms with Gasteiger partial charge in [0.1, 0.15) is 17.8 Å². The number of aliphatic hydroxyl groups is 1. The molecular formula is C23H28N8O2. The molecule has 5 heterocycles. The number of morpholine rings is 1. The Kier molecular flexibility index (Phi) is 5.01. The molecule has 3 aromatic heterocycles. The molecule has 0 aliphatic carbocycles. The van der Waals surface area contributed by atoms with Gasteiger partial charge in [-0.05, 0) is 38.1 Å². The molecule has 10 heteroatoms. The van der Waals surface area contributed by atoms with Gasteiger partial charge in [0, 0.05) is 26.6 Å². The predicted molar refractivity (Wildman–Crippen MR) is 125 cm³/mol. The summed E-state index contributed by atoms with van der Waals surface area (Å²) in [5.74, 6) is 3.43. The number of hydrogen-bond acceptors (Lipinski definition) is 8. The zero-order valence-corrected chi connectivity index (χ0v) is 18.9. The monoisotopic (exact) mass is 448 g/mol. The first kappa shape index (κ1) is 20.5. The third-order valence-corrected chi connectivity index (χ3v) is 6.59. The summed E-state index contributed by atoms with van der Waals surface area (Å²) < 4.78 is 9.54. The summed E-state index contributed by atoms with van der Waals surface area (Å²) in [6.45, 7) is 6.57. The number of para-hydroxylation sites is 2. The van der Waals surface area contributed by atoms with Crippen molar-refractivity contribution < 1.29 is 9.84 Å². The van der Waals surface area contributed by atoms with Crippen LogP contribution in [0.25, 0.3) is 28.1 Å². The second kappa shape index (κ2) is 8.05. The van der Waals surface area contributed by atoms with E-state index in [4.69, 9.17) is 19.7 Å². The molecule has 6 rings (SSSR count). The SMILES string of the molecule is C[C@@H](O)c1nc2ccccc2n1-c1nc(N2CCOCC2)c2nc(CC3CNC3)n(C)c2n1. The Bertz CT molecular complexity index is 1320. The number of ether oxygens (including phenoxy) is 1. The van der Waals surface area contributed by atoms with Gasteiger partial charge in [-0.1, -0.05) is 12.1 Å². The van der Waals surface area contributed by atoms with Gasteiger partial charge < -0.3 is 24.6 Å². The highest BCUT2D eigenvalue weighted by Crippen LogP contribution is 2.30. The van der Waals surface area contributed by atoms with Crippen molar-refractivity contribution in [3.63, 3.8) is 0 Å². The van der Waals surface area contributed by atoms with Crippen LogP contribution in [0, 0.1) is 5.92 Å². The second-order valence-corrected chi connectivity index (χ2v) is 8.90. The van der Waals surface area contributed by atoms with Gasteiger partial charge in [-0.15, -0.1) is 0 Å². The van der Waals surface area contributed by atoms with Crippen molar-refractivity contribution in [3.8, 4) is 5.95 Å². The molecule has 0 radical (unpaired) electrons. The number of anilines is 1. The molecule has 0 saturated carbocycles. The number of fused-ring (bicyclic) bond motifs is 2. The lowest BCUT2D eigenvalue weighted by Crippen LogP contribution is -2.43. The quantitative estimate of drug-likeness (QED) is 0.471. The number of aryl methyl sites for hydroxylation is 1. The lowest BCUT2D eigenvalue weighted by molar-refractivity contribution is 0.122. The Morgan fingerprint density at radius 3 is 2.64 bits per heavy atom. The highest BCUT2D eigenvalue weighted by Gasteiger charge is 2.27. The number of aliphatic hydroxyl groups excluding tert-OH is 1. The van der Waals surface area contributed by atoms with Crippen LogP contribution in [-0.4, -0.2) is 73.6 Å². The van der Waals surface area contributed by atoms with Crippen LogP contribution in [0.4, 0.5) is 5.82 Å². The number of aromatic nitrogens is 6. The highest BCUT2D eigenvalue weighted by molar-refractivity contribution is 5.86. The second-order valence-electron chi connectivity index (χ2n) is 8.90. The molecule has 33 heavy (non-hydrogen) atoms. The van der Waals surface area contributed by atoms with Crippen molar-refractivity contribution in [2.75, 3.05) is 44.3 Å². The minimum Gasteiger partial charge on any atom is -0.385 e. The maximum atomic E-state index is 10.5. The topological polar surface area (TPSA) is 106 Å². The Labute approximate surface area is 191 Å². The lowest BCUT2D eigenvalue weighted by atomic mass is 9.99. The minimum absolute atomic E-state index is 0.494. The number of hydrogen-bond donors (Lipinski definition) is 2. The summed E-state index contributed by atoms with van der Waals surface area (Å²) in [6, 6.07) is 7.82. The van der Waals surface area contributed by atoms with Gasteiger partial charge in [0.2, 0.25) is 5.95 Å². The summed E-state index contributed by atoms with van der Waals surface area (Å²) >= 11 is 0. The fourth-order valence-electron chi connectivity index (χ4n) is 4.64. The number of nitrogens with one attached hydrogen (secondary N) is 1. The largest absolute Gasteiger partial charge is 0.385 e. The maximum Gasteiger partial charge on any atom is 0.239 e. The first-order valence-corrected chi connectivity index (χ1v) is 11.5. The van der Waals surface area contributed by atoms with E-state index in [1.54, 1.807) is 6.92 Å². The van der Waals surface area contributed by atoms with Gasteiger partial charge in [0.05, 0.1) is 24.2 Å². The van der Waals surface area contributed by atoms with Crippen molar-refractivity contribution in [1.29, 1.82) is 0 Å². The zero-order valence-electron chi connectivity index (χ0n) is 18.9. The van der Waals surface area contributed by atoms with Gasteiger partial charge in [-0.25, -0.2) is 9.97 Å². The fourth-order valence-corrected chi connectivity index (χ4v) is 4.64. The smallest absolute Gasteiger partial charge is 0.239 e. The molecule has 10 nitrogen and oxygen atoms in total. The Morgan fingerprint density at radius 1 is 1.12 bits per heavy atom. The van der Waals surface area contributed by atoms with Gasteiger partial charge in [-0.3, -0.25) is 4.57 Å². The molecule has 2 saturated heterocycles. The van der Waals surface area contributed by atoms with E-state index >= 15 is 0 Å². The van der Waals surface area contributed by atoms with Gasteiger partial charge >= 0.3 is 0 Å². The van der Waals surface area contributed by atoms with Gasteiger partial charge in [-0.2, -0.15) is 9.97 Å². The summed E-state index contributed by atoms with van der Waals surface area (Å²) in [5.41, 5.74) is 3.27. The van der Waals surface area contributed by atoms with Crippen molar-refractivity contribution >= 4 is 28.0 Å². The number of benzene rings is 1. The van der Waals surface area contributed by atoms with Crippen molar-refractivity contribution in [1.82, 2.24) is 34.4 Å². The van der Waals surface area contributed by atoms with E-state index in [1.807, 2.05) is 35.9 Å². The zero-order chi connectivity index (χ0) is 22.5. The van der Waals surface area contributed by atoms with E-state index in [2.05, 4.69) is 19.8 Å². The summed E-state index contributed by atoms with van der Waals surface area (Å²) in [4.78, 5) is 21.9.